The number of nitrogens with one attached hydrogen (secondary N) is 2. The van der Waals surface area contributed by atoms with Gasteiger partial charge in [-0.25, -0.2) is 4.98 Å². The maximum absolute atomic E-state index is 12.9. The summed E-state index contributed by atoms with van der Waals surface area (Å²) in [6.45, 7) is 0.325. The number of rotatable bonds is 9. The van der Waals surface area contributed by atoms with Crippen molar-refractivity contribution in [3.05, 3.63) is 83.2 Å². The van der Waals surface area contributed by atoms with Crippen LogP contribution < -0.4 is 25.7 Å². The zero-order chi connectivity index (χ0) is 25.5. The van der Waals surface area contributed by atoms with Gasteiger partial charge in [-0.1, -0.05) is 6.07 Å². The van der Waals surface area contributed by atoms with Crippen molar-refractivity contribution in [3.8, 4) is 11.5 Å². The number of fused-ring (bicyclic) bond motifs is 1. The monoisotopic (exact) mass is 487 g/mol. The van der Waals surface area contributed by atoms with E-state index in [1.54, 1.807) is 60.9 Å². The summed E-state index contributed by atoms with van der Waals surface area (Å²) in [5, 5.41) is 6.02. The van der Waals surface area contributed by atoms with Crippen molar-refractivity contribution in [2.45, 2.75) is 19.4 Å². The third-order valence-corrected chi connectivity index (χ3v) is 5.48. The maximum Gasteiger partial charge on any atom is 0.261 e. The topological polar surface area (TPSA) is 124 Å². The molecule has 2 heterocycles. The largest absolute Gasteiger partial charge is 0.493 e. The fraction of sp³-hybridized carbons (Fsp3) is 0.192. The Balaban J connectivity index is 1.35. The smallest absolute Gasteiger partial charge is 0.261 e. The van der Waals surface area contributed by atoms with E-state index in [2.05, 4.69) is 20.6 Å². The van der Waals surface area contributed by atoms with Gasteiger partial charge in [0.05, 0.1) is 31.4 Å². The molecule has 0 saturated carbocycles. The Hall–Kier alpha value is -4.73. The summed E-state index contributed by atoms with van der Waals surface area (Å²) >= 11 is 0. The number of hydrogen-bond acceptors (Lipinski definition) is 7. The van der Waals surface area contributed by atoms with Crippen LogP contribution in [-0.2, 0) is 11.3 Å². The predicted octanol–water partition coefficient (Wildman–Crippen LogP) is 3.48. The van der Waals surface area contributed by atoms with Crippen LogP contribution in [0.1, 0.15) is 23.2 Å². The van der Waals surface area contributed by atoms with Crippen molar-refractivity contribution in [2.75, 3.05) is 24.9 Å². The second-order valence-corrected chi connectivity index (χ2v) is 7.89. The molecule has 0 bridgehead atoms. The number of carbonyl (C=O) groups is 2. The molecule has 0 aliphatic heterocycles. The van der Waals surface area contributed by atoms with E-state index in [1.165, 1.54) is 25.1 Å². The maximum atomic E-state index is 12.9. The van der Waals surface area contributed by atoms with E-state index in [0.29, 0.717) is 52.3 Å². The number of methoxy groups -OCH3 is 2. The van der Waals surface area contributed by atoms with Crippen LogP contribution in [0, 0.1) is 0 Å². The molecule has 0 fully saturated rings. The molecule has 2 aromatic heterocycles. The summed E-state index contributed by atoms with van der Waals surface area (Å²) in [5.74, 6) is 0.458. The van der Waals surface area contributed by atoms with E-state index in [-0.39, 0.29) is 23.8 Å². The van der Waals surface area contributed by atoms with Gasteiger partial charge >= 0.3 is 0 Å². The molecule has 184 valence electrons. The highest BCUT2D eigenvalue weighted by Gasteiger charge is 2.12. The normalized spacial score (nSPS) is 10.6. The van der Waals surface area contributed by atoms with Crippen LogP contribution in [0.2, 0.25) is 0 Å². The molecule has 4 aromatic rings. The predicted molar refractivity (Wildman–Crippen MR) is 136 cm³/mol. The van der Waals surface area contributed by atoms with Gasteiger partial charge in [-0.2, -0.15) is 0 Å². The van der Waals surface area contributed by atoms with Crippen LogP contribution >= 0.6 is 0 Å². The van der Waals surface area contributed by atoms with Crippen LogP contribution in [0.4, 0.5) is 11.4 Å². The van der Waals surface area contributed by atoms with Crippen LogP contribution in [-0.4, -0.2) is 40.6 Å². The lowest BCUT2D eigenvalue weighted by Crippen LogP contribution is -2.22. The van der Waals surface area contributed by atoms with Gasteiger partial charge in [-0.05, 0) is 42.8 Å². The first-order chi connectivity index (χ1) is 17.5. The highest BCUT2D eigenvalue weighted by Crippen LogP contribution is 2.29. The van der Waals surface area contributed by atoms with Crippen molar-refractivity contribution in [3.63, 3.8) is 0 Å². The Kier molecular flexibility index (Phi) is 7.54. The molecular weight excluding hydrogens is 462 g/mol. The van der Waals surface area contributed by atoms with Crippen molar-refractivity contribution < 1.29 is 19.1 Å². The molecular formula is C26H25N5O5. The van der Waals surface area contributed by atoms with Crippen LogP contribution in [0.3, 0.4) is 0 Å². The van der Waals surface area contributed by atoms with Gasteiger partial charge in [-0.3, -0.25) is 23.9 Å². The fourth-order valence-corrected chi connectivity index (χ4v) is 3.66. The van der Waals surface area contributed by atoms with E-state index in [1.807, 2.05) is 0 Å². The number of aromatic nitrogens is 3. The number of amides is 2. The van der Waals surface area contributed by atoms with Gasteiger partial charge in [0.2, 0.25) is 5.91 Å². The van der Waals surface area contributed by atoms with Crippen LogP contribution in [0.25, 0.3) is 10.9 Å². The third kappa shape index (κ3) is 5.66. The van der Waals surface area contributed by atoms with Crippen molar-refractivity contribution in [1.82, 2.24) is 14.5 Å². The second kappa shape index (κ2) is 11.1. The number of nitrogens with zero attached hydrogens (tertiary/aromatic N) is 3. The van der Waals surface area contributed by atoms with E-state index < -0.39 is 0 Å². The number of benzene rings is 2. The number of pyridine rings is 1. The Morgan fingerprint density at radius 3 is 2.36 bits per heavy atom. The SMILES string of the molecule is COc1cc2ncn(CCCC(=O)Nc3cccc(NC(=O)c4ccncc4)c3)c(=O)c2cc1OC. The molecule has 0 saturated heterocycles. The van der Waals surface area contributed by atoms with Crippen LogP contribution in [0.5, 0.6) is 11.5 Å². The molecule has 0 aliphatic carbocycles. The average Bonchev–Trinajstić information content (AvgIpc) is 2.90. The zero-order valence-electron chi connectivity index (χ0n) is 19.9. The van der Waals surface area contributed by atoms with Crippen molar-refractivity contribution in [1.29, 1.82) is 0 Å². The number of carbonyl (C=O) groups excluding carboxylic acids is 2. The molecule has 2 N–H and O–H groups in total. The molecule has 2 aromatic carbocycles. The Labute approximate surface area is 206 Å². The lowest BCUT2D eigenvalue weighted by atomic mass is 10.2. The van der Waals surface area contributed by atoms with Gasteiger partial charge in [0.25, 0.3) is 11.5 Å². The molecule has 36 heavy (non-hydrogen) atoms. The van der Waals surface area contributed by atoms with Crippen LogP contribution in [0.15, 0.2) is 72.0 Å². The molecule has 0 unspecified atom stereocenters. The molecule has 4 rings (SSSR count). The highest BCUT2D eigenvalue weighted by molar-refractivity contribution is 6.04. The van der Waals surface area contributed by atoms with Gasteiger partial charge in [0.1, 0.15) is 0 Å². The summed E-state index contributed by atoms with van der Waals surface area (Å²) in [6.07, 6.45) is 5.18. The summed E-state index contributed by atoms with van der Waals surface area (Å²) in [4.78, 5) is 45.9. The van der Waals surface area contributed by atoms with Gasteiger partial charge in [0.15, 0.2) is 11.5 Å². The highest BCUT2D eigenvalue weighted by atomic mass is 16.5. The first kappa shape index (κ1) is 24.4. The number of hydrogen-bond donors (Lipinski definition) is 2. The molecule has 0 spiro atoms. The number of anilines is 2. The number of aryl methyl sites for hydroxylation is 1. The summed E-state index contributed by atoms with van der Waals surface area (Å²) in [6, 6.07) is 13.4. The molecule has 10 heteroatoms. The first-order valence-electron chi connectivity index (χ1n) is 11.2. The first-order valence-corrected chi connectivity index (χ1v) is 11.2. The minimum Gasteiger partial charge on any atom is -0.493 e. The lowest BCUT2D eigenvalue weighted by Gasteiger charge is -2.11. The van der Waals surface area contributed by atoms with E-state index >= 15 is 0 Å². The Morgan fingerprint density at radius 1 is 0.944 bits per heavy atom. The summed E-state index contributed by atoms with van der Waals surface area (Å²) < 4.78 is 12.0. The Morgan fingerprint density at radius 2 is 1.64 bits per heavy atom. The zero-order valence-corrected chi connectivity index (χ0v) is 19.9. The molecule has 0 atom stereocenters. The van der Waals surface area contributed by atoms with E-state index in [4.69, 9.17) is 9.47 Å². The standard InChI is InChI=1S/C26H25N5O5/c1-35-22-14-20-21(15-23(22)36-2)28-16-31(26(20)34)12-4-7-24(32)29-18-5-3-6-19(13-18)30-25(33)17-8-10-27-11-9-17/h3,5-6,8-11,13-16H,4,7,12H2,1-2H3,(H,29,32)(H,30,33). The van der Waals surface area contributed by atoms with Gasteiger partial charge in [0, 0.05) is 48.4 Å². The quantitative estimate of drug-likeness (QED) is 0.370. The minimum absolute atomic E-state index is 0.198. The van der Waals surface area contributed by atoms with Crippen molar-refractivity contribution >= 4 is 34.1 Å². The second-order valence-electron chi connectivity index (χ2n) is 7.89. The summed E-state index contributed by atoms with van der Waals surface area (Å²) in [7, 11) is 3.02. The Bertz CT molecular complexity index is 1450. The van der Waals surface area contributed by atoms with E-state index in [9.17, 15) is 14.4 Å². The minimum atomic E-state index is -0.272. The molecule has 0 aliphatic rings. The number of ether oxygens (including phenoxy) is 2. The third-order valence-electron chi connectivity index (χ3n) is 5.48. The van der Waals surface area contributed by atoms with Gasteiger partial charge in [-0.15, -0.1) is 0 Å². The molecule has 2 amide bonds. The summed E-state index contributed by atoms with van der Waals surface area (Å²) in [5.41, 5.74) is 1.87. The van der Waals surface area contributed by atoms with Crippen molar-refractivity contribution in [2.24, 2.45) is 0 Å². The van der Waals surface area contributed by atoms with Gasteiger partial charge < -0.3 is 20.1 Å². The molecule has 0 radical (unpaired) electrons. The lowest BCUT2D eigenvalue weighted by molar-refractivity contribution is -0.116. The average molecular weight is 488 g/mol. The van der Waals surface area contributed by atoms with E-state index in [0.717, 1.165) is 0 Å². The molecule has 10 nitrogen and oxygen atoms in total. The fourth-order valence-electron chi connectivity index (χ4n) is 3.66.